The van der Waals surface area contributed by atoms with E-state index in [4.69, 9.17) is 0 Å². The molecule has 1 aliphatic carbocycles. The van der Waals surface area contributed by atoms with Crippen molar-refractivity contribution in [1.29, 1.82) is 0 Å². The predicted octanol–water partition coefficient (Wildman–Crippen LogP) is 3.46. The van der Waals surface area contributed by atoms with Crippen molar-refractivity contribution >= 4 is 11.6 Å². The summed E-state index contributed by atoms with van der Waals surface area (Å²) < 4.78 is 0. The topological polar surface area (TPSA) is 49.8 Å². The summed E-state index contributed by atoms with van der Waals surface area (Å²) in [6.07, 6.45) is 9.14. The van der Waals surface area contributed by atoms with E-state index in [-0.39, 0.29) is 0 Å². The number of hydrogen-bond acceptors (Lipinski definition) is 4. The number of aromatic nitrogens is 2. The maximum Gasteiger partial charge on any atom is 0.134 e. The SMILES string of the molecule is CCCc1c(NC)ncnc1NCC1(C)CCCC1. The lowest BCUT2D eigenvalue weighted by Gasteiger charge is -2.25. The molecule has 0 amide bonds. The van der Waals surface area contributed by atoms with Gasteiger partial charge in [-0.25, -0.2) is 9.97 Å². The summed E-state index contributed by atoms with van der Waals surface area (Å²) in [5.74, 6) is 1.96. The van der Waals surface area contributed by atoms with Crippen molar-refractivity contribution in [2.24, 2.45) is 5.41 Å². The van der Waals surface area contributed by atoms with Crippen molar-refractivity contribution in [2.75, 3.05) is 24.2 Å². The van der Waals surface area contributed by atoms with Crippen LogP contribution < -0.4 is 10.6 Å². The van der Waals surface area contributed by atoms with Gasteiger partial charge in [0.1, 0.15) is 18.0 Å². The van der Waals surface area contributed by atoms with E-state index in [1.54, 1.807) is 6.33 Å². The molecule has 106 valence electrons. The maximum absolute atomic E-state index is 4.44. The normalized spacial score (nSPS) is 17.4. The third-order valence-corrected chi connectivity index (χ3v) is 4.18. The summed E-state index contributed by atoms with van der Waals surface area (Å²) in [7, 11) is 1.92. The minimum absolute atomic E-state index is 0.439. The smallest absolute Gasteiger partial charge is 0.134 e. The van der Waals surface area contributed by atoms with Gasteiger partial charge < -0.3 is 10.6 Å². The summed E-state index contributed by atoms with van der Waals surface area (Å²) in [4.78, 5) is 8.75. The summed E-state index contributed by atoms with van der Waals surface area (Å²) in [5, 5.41) is 6.73. The molecule has 1 heterocycles. The van der Waals surface area contributed by atoms with Gasteiger partial charge >= 0.3 is 0 Å². The Morgan fingerprint density at radius 3 is 2.53 bits per heavy atom. The lowest BCUT2D eigenvalue weighted by molar-refractivity contribution is 0.361. The third kappa shape index (κ3) is 3.37. The molecule has 0 radical (unpaired) electrons. The lowest BCUT2D eigenvalue weighted by atomic mass is 9.89. The molecule has 0 unspecified atom stereocenters. The van der Waals surface area contributed by atoms with Crippen LogP contribution in [0.2, 0.25) is 0 Å². The molecule has 0 spiro atoms. The van der Waals surface area contributed by atoms with Crippen LogP contribution in [0, 0.1) is 5.41 Å². The average molecular weight is 262 g/mol. The molecule has 0 saturated heterocycles. The fourth-order valence-corrected chi connectivity index (χ4v) is 2.97. The molecule has 0 aromatic carbocycles. The second-order valence-corrected chi connectivity index (χ2v) is 5.92. The van der Waals surface area contributed by atoms with Crippen LogP contribution in [0.5, 0.6) is 0 Å². The predicted molar refractivity (Wildman–Crippen MR) is 80.6 cm³/mol. The molecule has 1 aromatic rings. The van der Waals surface area contributed by atoms with Gasteiger partial charge in [-0.1, -0.05) is 33.1 Å². The highest BCUT2D eigenvalue weighted by Crippen LogP contribution is 2.37. The van der Waals surface area contributed by atoms with E-state index in [0.29, 0.717) is 5.41 Å². The van der Waals surface area contributed by atoms with E-state index in [2.05, 4.69) is 34.4 Å². The van der Waals surface area contributed by atoms with Gasteiger partial charge in [0.05, 0.1) is 0 Å². The van der Waals surface area contributed by atoms with Gasteiger partial charge in [0.25, 0.3) is 0 Å². The highest BCUT2D eigenvalue weighted by atomic mass is 15.1. The summed E-state index contributed by atoms with van der Waals surface area (Å²) in [5.41, 5.74) is 1.66. The first-order valence-corrected chi connectivity index (χ1v) is 7.44. The van der Waals surface area contributed by atoms with Crippen LogP contribution in [0.25, 0.3) is 0 Å². The van der Waals surface area contributed by atoms with Gasteiger partial charge in [0.2, 0.25) is 0 Å². The Labute approximate surface area is 116 Å². The van der Waals surface area contributed by atoms with Crippen LogP contribution in [0.1, 0.15) is 51.5 Å². The van der Waals surface area contributed by atoms with Crippen LogP contribution in [0.15, 0.2) is 6.33 Å². The number of nitrogens with one attached hydrogen (secondary N) is 2. The maximum atomic E-state index is 4.44. The highest BCUT2D eigenvalue weighted by molar-refractivity contribution is 5.57. The number of anilines is 2. The zero-order valence-corrected chi connectivity index (χ0v) is 12.4. The van der Waals surface area contributed by atoms with Gasteiger partial charge in [-0.3, -0.25) is 0 Å². The van der Waals surface area contributed by atoms with Crippen LogP contribution in [0.4, 0.5) is 11.6 Å². The molecule has 1 saturated carbocycles. The van der Waals surface area contributed by atoms with E-state index in [0.717, 1.165) is 31.0 Å². The van der Waals surface area contributed by atoms with Crippen LogP contribution in [-0.4, -0.2) is 23.6 Å². The molecule has 1 aliphatic rings. The summed E-state index contributed by atoms with van der Waals surface area (Å²) in [6, 6.07) is 0. The minimum atomic E-state index is 0.439. The second-order valence-electron chi connectivity index (χ2n) is 5.92. The molecule has 0 bridgehead atoms. The fraction of sp³-hybridized carbons (Fsp3) is 0.733. The van der Waals surface area contributed by atoms with Crippen molar-refractivity contribution < 1.29 is 0 Å². The van der Waals surface area contributed by atoms with Gasteiger partial charge in [-0.15, -0.1) is 0 Å². The van der Waals surface area contributed by atoms with Crippen LogP contribution in [0.3, 0.4) is 0 Å². The van der Waals surface area contributed by atoms with Gasteiger partial charge in [0, 0.05) is 19.2 Å². The zero-order chi connectivity index (χ0) is 13.7. The summed E-state index contributed by atoms with van der Waals surface area (Å²) >= 11 is 0. The molecule has 0 aliphatic heterocycles. The van der Waals surface area contributed by atoms with Crippen LogP contribution >= 0.6 is 0 Å². The molecule has 2 N–H and O–H groups in total. The van der Waals surface area contributed by atoms with Crippen molar-refractivity contribution in [1.82, 2.24) is 9.97 Å². The van der Waals surface area contributed by atoms with Gasteiger partial charge in [-0.05, 0) is 24.7 Å². The quantitative estimate of drug-likeness (QED) is 0.824. The molecule has 2 rings (SSSR count). The van der Waals surface area contributed by atoms with Gasteiger partial charge in [-0.2, -0.15) is 0 Å². The van der Waals surface area contributed by atoms with E-state index >= 15 is 0 Å². The first-order chi connectivity index (χ1) is 9.18. The van der Waals surface area contributed by atoms with E-state index in [1.807, 2.05) is 7.05 Å². The number of hydrogen-bond donors (Lipinski definition) is 2. The van der Waals surface area contributed by atoms with Crippen molar-refractivity contribution in [3.63, 3.8) is 0 Å². The van der Waals surface area contributed by atoms with Crippen molar-refractivity contribution in [3.05, 3.63) is 11.9 Å². The second kappa shape index (κ2) is 6.22. The van der Waals surface area contributed by atoms with E-state index in [9.17, 15) is 0 Å². The molecule has 19 heavy (non-hydrogen) atoms. The molecule has 4 heteroatoms. The minimum Gasteiger partial charge on any atom is -0.373 e. The largest absolute Gasteiger partial charge is 0.373 e. The lowest BCUT2D eigenvalue weighted by Crippen LogP contribution is -2.24. The number of nitrogens with zero attached hydrogens (tertiary/aromatic N) is 2. The Bertz CT molecular complexity index is 411. The zero-order valence-electron chi connectivity index (χ0n) is 12.4. The Balaban J connectivity index is 2.10. The Morgan fingerprint density at radius 2 is 1.89 bits per heavy atom. The summed E-state index contributed by atoms with van der Waals surface area (Å²) in [6.45, 7) is 5.59. The molecular weight excluding hydrogens is 236 g/mol. The molecule has 1 fully saturated rings. The first kappa shape index (κ1) is 14.1. The Hall–Kier alpha value is -1.32. The number of rotatable bonds is 6. The highest BCUT2D eigenvalue weighted by Gasteiger charge is 2.28. The Kier molecular flexibility index (Phi) is 4.61. The van der Waals surface area contributed by atoms with Crippen LogP contribution in [-0.2, 0) is 6.42 Å². The molecule has 1 aromatic heterocycles. The molecule has 4 nitrogen and oxygen atoms in total. The Morgan fingerprint density at radius 1 is 1.21 bits per heavy atom. The molecular formula is C15H26N4. The van der Waals surface area contributed by atoms with Gasteiger partial charge in [0.15, 0.2) is 0 Å². The standard InChI is InChI=1S/C15H26N4/c1-4-7-12-13(16-3)18-11-19-14(12)17-10-15(2)8-5-6-9-15/h11H,4-10H2,1-3H3,(H2,16,17,18,19). The van der Waals surface area contributed by atoms with E-state index in [1.165, 1.54) is 31.2 Å². The fourth-order valence-electron chi connectivity index (χ4n) is 2.97. The van der Waals surface area contributed by atoms with Crippen molar-refractivity contribution in [3.8, 4) is 0 Å². The molecule has 0 atom stereocenters. The first-order valence-electron chi connectivity index (χ1n) is 7.44. The third-order valence-electron chi connectivity index (χ3n) is 4.18. The monoisotopic (exact) mass is 262 g/mol. The van der Waals surface area contributed by atoms with E-state index < -0.39 is 0 Å². The van der Waals surface area contributed by atoms with Crippen molar-refractivity contribution in [2.45, 2.75) is 52.4 Å². The average Bonchev–Trinajstić information content (AvgIpc) is 2.85.